The van der Waals surface area contributed by atoms with Gasteiger partial charge >= 0.3 is 0 Å². The summed E-state index contributed by atoms with van der Waals surface area (Å²) >= 11 is 0. The van der Waals surface area contributed by atoms with Gasteiger partial charge < -0.3 is 5.32 Å². The summed E-state index contributed by atoms with van der Waals surface area (Å²) in [6, 6.07) is 2.33. The van der Waals surface area contributed by atoms with Gasteiger partial charge in [0.15, 0.2) is 5.65 Å². The molecule has 1 fully saturated rings. The summed E-state index contributed by atoms with van der Waals surface area (Å²) in [5, 5.41) is 8.25. The average molecular weight is 286 g/mol. The highest BCUT2D eigenvalue weighted by atomic mass is 15.3. The van der Waals surface area contributed by atoms with Gasteiger partial charge in [0, 0.05) is 36.1 Å². The maximum absolute atomic E-state index is 4.54. The Morgan fingerprint density at radius 1 is 1.33 bits per heavy atom. The standard InChI is InChI=1S/C17H26N4/c1-12-9-16-18-10-15(14(3)21(16)20-12)13(2)19-11-17(4)7-5-6-8-17/h9-10,13,19H,5-8,11H2,1-4H3. The van der Waals surface area contributed by atoms with Gasteiger partial charge in [-0.05, 0) is 39.0 Å². The number of rotatable bonds is 4. The van der Waals surface area contributed by atoms with Crippen LogP contribution in [0.4, 0.5) is 0 Å². The Balaban J connectivity index is 1.77. The Morgan fingerprint density at radius 3 is 2.76 bits per heavy atom. The third-order valence-corrected chi connectivity index (χ3v) is 5.00. The molecule has 0 radical (unpaired) electrons. The lowest BCUT2D eigenvalue weighted by Gasteiger charge is -2.27. The van der Waals surface area contributed by atoms with Crippen molar-refractivity contribution in [3.8, 4) is 0 Å². The Labute approximate surface area is 127 Å². The molecule has 1 aliphatic rings. The van der Waals surface area contributed by atoms with Gasteiger partial charge in [-0.25, -0.2) is 9.50 Å². The quantitative estimate of drug-likeness (QED) is 0.934. The highest BCUT2D eigenvalue weighted by molar-refractivity contribution is 5.42. The lowest BCUT2D eigenvalue weighted by atomic mass is 9.88. The third kappa shape index (κ3) is 2.82. The predicted octanol–water partition coefficient (Wildman–Crippen LogP) is 3.58. The average Bonchev–Trinajstić information content (AvgIpc) is 3.03. The van der Waals surface area contributed by atoms with Gasteiger partial charge in [0.1, 0.15) is 0 Å². The number of aryl methyl sites for hydroxylation is 2. The normalized spacial score (nSPS) is 19.2. The lowest BCUT2D eigenvalue weighted by molar-refractivity contribution is 0.301. The minimum Gasteiger partial charge on any atom is -0.310 e. The number of fused-ring (bicyclic) bond motifs is 1. The van der Waals surface area contributed by atoms with Gasteiger partial charge in [0.25, 0.3) is 0 Å². The second kappa shape index (κ2) is 5.41. The number of hydrogen-bond acceptors (Lipinski definition) is 3. The molecule has 1 unspecified atom stereocenters. The molecule has 1 saturated carbocycles. The summed E-state index contributed by atoms with van der Waals surface area (Å²) < 4.78 is 1.96. The zero-order chi connectivity index (χ0) is 15.0. The van der Waals surface area contributed by atoms with Crippen LogP contribution in [0.5, 0.6) is 0 Å². The largest absolute Gasteiger partial charge is 0.310 e. The predicted molar refractivity (Wildman–Crippen MR) is 85.5 cm³/mol. The van der Waals surface area contributed by atoms with E-state index in [0.29, 0.717) is 11.5 Å². The molecule has 1 N–H and O–H groups in total. The van der Waals surface area contributed by atoms with Gasteiger partial charge in [0.2, 0.25) is 0 Å². The van der Waals surface area contributed by atoms with Crippen molar-refractivity contribution in [2.45, 2.75) is 59.4 Å². The first-order valence-corrected chi connectivity index (χ1v) is 8.04. The fourth-order valence-corrected chi connectivity index (χ4v) is 3.52. The highest BCUT2D eigenvalue weighted by Gasteiger charge is 2.28. The van der Waals surface area contributed by atoms with E-state index in [9.17, 15) is 0 Å². The molecule has 1 aliphatic carbocycles. The van der Waals surface area contributed by atoms with Crippen molar-refractivity contribution in [3.05, 3.63) is 29.2 Å². The second-order valence-electron chi connectivity index (χ2n) is 6.98. The molecule has 0 aliphatic heterocycles. The molecule has 0 aromatic carbocycles. The molecule has 2 aromatic heterocycles. The minimum atomic E-state index is 0.309. The van der Waals surface area contributed by atoms with E-state index in [1.54, 1.807) is 0 Å². The molecule has 0 amide bonds. The minimum absolute atomic E-state index is 0.309. The molecule has 4 heteroatoms. The van der Waals surface area contributed by atoms with Crippen molar-refractivity contribution in [3.63, 3.8) is 0 Å². The van der Waals surface area contributed by atoms with Gasteiger partial charge in [-0.3, -0.25) is 0 Å². The van der Waals surface area contributed by atoms with Crippen LogP contribution in [0.3, 0.4) is 0 Å². The summed E-state index contributed by atoms with van der Waals surface area (Å²) in [6.45, 7) is 9.86. The molecule has 2 heterocycles. The van der Waals surface area contributed by atoms with Crippen molar-refractivity contribution >= 4 is 5.65 Å². The van der Waals surface area contributed by atoms with E-state index in [1.165, 1.54) is 36.9 Å². The van der Waals surface area contributed by atoms with Gasteiger partial charge in [-0.15, -0.1) is 0 Å². The first-order valence-electron chi connectivity index (χ1n) is 8.04. The van der Waals surface area contributed by atoms with Crippen LogP contribution in [0.2, 0.25) is 0 Å². The summed E-state index contributed by atoms with van der Waals surface area (Å²) in [6.07, 6.45) is 7.46. The highest BCUT2D eigenvalue weighted by Crippen LogP contribution is 2.37. The van der Waals surface area contributed by atoms with Gasteiger partial charge in [0.05, 0.1) is 5.69 Å². The first kappa shape index (κ1) is 14.5. The van der Waals surface area contributed by atoms with Crippen LogP contribution in [0.15, 0.2) is 12.3 Å². The van der Waals surface area contributed by atoms with Crippen molar-refractivity contribution in [1.29, 1.82) is 0 Å². The topological polar surface area (TPSA) is 42.2 Å². The maximum atomic E-state index is 4.54. The molecule has 3 rings (SSSR count). The molecular weight excluding hydrogens is 260 g/mol. The molecular formula is C17H26N4. The number of nitrogens with one attached hydrogen (secondary N) is 1. The first-order chi connectivity index (χ1) is 9.98. The fourth-order valence-electron chi connectivity index (χ4n) is 3.52. The maximum Gasteiger partial charge on any atom is 0.155 e. The van der Waals surface area contributed by atoms with Crippen LogP contribution < -0.4 is 5.32 Å². The zero-order valence-corrected chi connectivity index (χ0v) is 13.6. The monoisotopic (exact) mass is 286 g/mol. The molecule has 21 heavy (non-hydrogen) atoms. The van der Waals surface area contributed by atoms with Gasteiger partial charge in [-0.2, -0.15) is 5.10 Å². The van der Waals surface area contributed by atoms with Crippen molar-refractivity contribution in [2.75, 3.05) is 6.54 Å². The molecule has 2 aromatic rings. The molecule has 114 valence electrons. The summed E-state index contributed by atoms with van der Waals surface area (Å²) in [5.41, 5.74) is 4.85. The number of aromatic nitrogens is 3. The fraction of sp³-hybridized carbons (Fsp3) is 0.647. The van der Waals surface area contributed by atoms with E-state index >= 15 is 0 Å². The van der Waals surface area contributed by atoms with E-state index in [1.807, 2.05) is 23.7 Å². The van der Waals surface area contributed by atoms with Crippen LogP contribution in [-0.4, -0.2) is 21.1 Å². The Kier molecular flexibility index (Phi) is 3.74. The van der Waals surface area contributed by atoms with Crippen LogP contribution in [0, 0.1) is 19.3 Å². The van der Waals surface area contributed by atoms with Crippen LogP contribution in [0.1, 0.15) is 62.5 Å². The van der Waals surface area contributed by atoms with E-state index in [2.05, 4.69) is 36.2 Å². The van der Waals surface area contributed by atoms with Crippen molar-refractivity contribution in [2.24, 2.45) is 5.41 Å². The number of nitrogens with zero attached hydrogens (tertiary/aromatic N) is 3. The molecule has 1 atom stereocenters. The summed E-state index contributed by atoms with van der Waals surface area (Å²) in [4.78, 5) is 4.54. The van der Waals surface area contributed by atoms with Crippen molar-refractivity contribution < 1.29 is 0 Å². The van der Waals surface area contributed by atoms with E-state index in [0.717, 1.165) is 17.9 Å². The Morgan fingerprint density at radius 2 is 2.05 bits per heavy atom. The summed E-state index contributed by atoms with van der Waals surface area (Å²) in [5.74, 6) is 0. The molecule has 0 spiro atoms. The molecule has 0 bridgehead atoms. The SMILES string of the molecule is Cc1cc2ncc(C(C)NCC3(C)CCCC3)c(C)n2n1. The Bertz CT molecular complexity index is 638. The van der Waals surface area contributed by atoms with E-state index in [4.69, 9.17) is 0 Å². The molecule has 4 nitrogen and oxygen atoms in total. The molecule has 0 saturated heterocycles. The van der Waals surface area contributed by atoms with E-state index < -0.39 is 0 Å². The smallest absolute Gasteiger partial charge is 0.155 e. The van der Waals surface area contributed by atoms with Gasteiger partial charge in [-0.1, -0.05) is 19.8 Å². The third-order valence-electron chi connectivity index (χ3n) is 5.00. The Hall–Kier alpha value is -1.42. The van der Waals surface area contributed by atoms with Crippen LogP contribution in [-0.2, 0) is 0 Å². The van der Waals surface area contributed by atoms with Crippen LogP contribution in [0.25, 0.3) is 5.65 Å². The lowest BCUT2D eigenvalue weighted by Crippen LogP contribution is -2.32. The second-order valence-corrected chi connectivity index (χ2v) is 6.98. The van der Waals surface area contributed by atoms with Crippen LogP contribution >= 0.6 is 0 Å². The van der Waals surface area contributed by atoms with E-state index in [-0.39, 0.29) is 0 Å². The zero-order valence-electron chi connectivity index (χ0n) is 13.6. The number of hydrogen-bond donors (Lipinski definition) is 1. The summed E-state index contributed by atoms with van der Waals surface area (Å²) in [7, 11) is 0. The van der Waals surface area contributed by atoms with Crippen molar-refractivity contribution in [1.82, 2.24) is 19.9 Å².